The summed E-state index contributed by atoms with van der Waals surface area (Å²) in [4.78, 5) is 31.0. The van der Waals surface area contributed by atoms with Crippen molar-refractivity contribution < 1.29 is 19.1 Å². The summed E-state index contributed by atoms with van der Waals surface area (Å²) in [7, 11) is 1.53. The molecule has 1 aromatic carbocycles. The highest BCUT2D eigenvalue weighted by Crippen LogP contribution is 2.40. The summed E-state index contributed by atoms with van der Waals surface area (Å²) >= 11 is 1.46. The number of morpholine rings is 1. The minimum Gasteiger partial charge on any atom is -0.495 e. The lowest BCUT2D eigenvalue weighted by Gasteiger charge is -2.37. The number of carbonyl (C=O) groups is 2. The van der Waals surface area contributed by atoms with Crippen molar-refractivity contribution in [2.24, 2.45) is 0 Å². The van der Waals surface area contributed by atoms with Crippen molar-refractivity contribution >= 4 is 34.4 Å². The number of methoxy groups -OCH3 is 1. The van der Waals surface area contributed by atoms with Crippen molar-refractivity contribution in [1.82, 2.24) is 4.90 Å². The molecule has 0 saturated carbocycles. The van der Waals surface area contributed by atoms with Gasteiger partial charge >= 0.3 is 0 Å². The molecular formula is C21H22N2O4S. The molecule has 7 heteroatoms. The van der Waals surface area contributed by atoms with E-state index in [4.69, 9.17) is 9.47 Å². The van der Waals surface area contributed by atoms with E-state index in [1.165, 1.54) is 23.3 Å². The Labute approximate surface area is 168 Å². The first kappa shape index (κ1) is 18.7. The Hall–Kier alpha value is -2.64. The monoisotopic (exact) mass is 398 g/mol. The van der Waals surface area contributed by atoms with E-state index in [0.29, 0.717) is 35.8 Å². The van der Waals surface area contributed by atoms with E-state index in [2.05, 4.69) is 0 Å². The fraction of sp³-hybridized carbons (Fsp3) is 0.333. The van der Waals surface area contributed by atoms with Gasteiger partial charge in [-0.2, -0.15) is 0 Å². The quantitative estimate of drug-likeness (QED) is 0.741. The van der Waals surface area contributed by atoms with Crippen LogP contribution in [0.15, 0.2) is 47.5 Å². The van der Waals surface area contributed by atoms with Gasteiger partial charge < -0.3 is 14.4 Å². The zero-order valence-corrected chi connectivity index (χ0v) is 16.9. The van der Waals surface area contributed by atoms with Crippen molar-refractivity contribution in [3.05, 3.63) is 52.4 Å². The second-order valence-corrected chi connectivity index (χ2v) is 7.93. The second kappa shape index (κ2) is 7.41. The third-order valence-corrected chi connectivity index (χ3v) is 5.78. The summed E-state index contributed by atoms with van der Waals surface area (Å²) in [6.07, 6.45) is -0.0481. The molecule has 2 atom stereocenters. The number of amides is 2. The average molecular weight is 398 g/mol. The van der Waals surface area contributed by atoms with Gasteiger partial charge in [-0.3, -0.25) is 9.59 Å². The minimum absolute atomic E-state index is 0.0240. The van der Waals surface area contributed by atoms with Gasteiger partial charge in [0.15, 0.2) is 0 Å². The summed E-state index contributed by atoms with van der Waals surface area (Å²) < 4.78 is 11.2. The Morgan fingerprint density at radius 2 is 1.75 bits per heavy atom. The maximum absolute atomic E-state index is 13.5. The highest BCUT2D eigenvalue weighted by atomic mass is 32.1. The smallest absolute Gasteiger partial charge is 0.282 e. The molecule has 2 aliphatic heterocycles. The van der Waals surface area contributed by atoms with Crippen LogP contribution in [0.1, 0.15) is 18.7 Å². The van der Waals surface area contributed by atoms with Crippen molar-refractivity contribution in [2.45, 2.75) is 26.1 Å². The summed E-state index contributed by atoms with van der Waals surface area (Å²) in [5.74, 6) is -0.155. The van der Waals surface area contributed by atoms with Gasteiger partial charge in [0.25, 0.3) is 11.8 Å². The number of hydrogen-bond donors (Lipinski definition) is 0. The van der Waals surface area contributed by atoms with E-state index in [9.17, 15) is 9.59 Å². The van der Waals surface area contributed by atoms with Crippen molar-refractivity contribution in [2.75, 3.05) is 25.1 Å². The van der Waals surface area contributed by atoms with Crippen LogP contribution in [0.5, 0.6) is 5.75 Å². The molecular weight excluding hydrogens is 376 g/mol. The van der Waals surface area contributed by atoms with Gasteiger partial charge in [-0.1, -0.05) is 18.2 Å². The van der Waals surface area contributed by atoms with Gasteiger partial charge in [0, 0.05) is 18.0 Å². The molecule has 0 N–H and O–H groups in total. The van der Waals surface area contributed by atoms with Crippen LogP contribution < -0.4 is 9.64 Å². The lowest BCUT2D eigenvalue weighted by atomic mass is 10.1. The molecule has 0 radical (unpaired) electrons. The highest BCUT2D eigenvalue weighted by Gasteiger charge is 2.45. The van der Waals surface area contributed by atoms with Crippen molar-refractivity contribution in [3.8, 4) is 5.75 Å². The molecule has 6 nitrogen and oxygen atoms in total. The van der Waals surface area contributed by atoms with Crippen LogP contribution in [0, 0.1) is 0 Å². The molecule has 146 valence electrons. The molecule has 2 unspecified atom stereocenters. The SMILES string of the molecule is COc1ccccc1N1C(=O)C(c2cccs2)=C(N2CC(C)OC(C)C2)C1=O. The molecule has 4 rings (SSSR count). The molecule has 0 bridgehead atoms. The first-order valence-electron chi connectivity index (χ1n) is 9.21. The van der Waals surface area contributed by atoms with E-state index >= 15 is 0 Å². The second-order valence-electron chi connectivity index (χ2n) is 6.98. The van der Waals surface area contributed by atoms with Crippen LogP contribution in [-0.4, -0.2) is 49.1 Å². The molecule has 3 heterocycles. The number of carbonyl (C=O) groups excluding carboxylic acids is 2. The lowest BCUT2D eigenvalue weighted by Crippen LogP contribution is -2.47. The molecule has 1 aromatic heterocycles. The predicted molar refractivity (Wildman–Crippen MR) is 108 cm³/mol. The Morgan fingerprint density at radius 1 is 1.04 bits per heavy atom. The Kier molecular flexibility index (Phi) is 4.95. The first-order valence-corrected chi connectivity index (χ1v) is 10.1. The molecule has 0 aliphatic carbocycles. The maximum atomic E-state index is 13.5. The lowest BCUT2D eigenvalue weighted by molar-refractivity contribution is -0.121. The Balaban J connectivity index is 1.83. The Morgan fingerprint density at radius 3 is 2.39 bits per heavy atom. The van der Waals surface area contributed by atoms with Gasteiger partial charge in [-0.25, -0.2) is 4.90 Å². The molecule has 1 fully saturated rings. The van der Waals surface area contributed by atoms with Gasteiger partial charge in [-0.05, 0) is 37.4 Å². The molecule has 2 aromatic rings. The van der Waals surface area contributed by atoms with Crippen LogP contribution in [0.3, 0.4) is 0 Å². The van der Waals surface area contributed by atoms with E-state index in [-0.39, 0.29) is 24.0 Å². The van der Waals surface area contributed by atoms with Crippen molar-refractivity contribution in [1.29, 1.82) is 0 Å². The third-order valence-electron chi connectivity index (χ3n) is 4.89. The number of ether oxygens (including phenoxy) is 2. The summed E-state index contributed by atoms with van der Waals surface area (Å²) in [6.45, 7) is 5.08. The van der Waals surface area contributed by atoms with Crippen LogP contribution in [-0.2, 0) is 14.3 Å². The number of imide groups is 1. The predicted octanol–water partition coefficient (Wildman–Crippen LogP) is 3.15. The van der Waals surface area contributed by atoms with Gasteiger partial charge in [0.1, 0.15) is 11.4 Å². The molecule has 0 spiro atoms. The first-order chi connectivity index (χ1) is 13.5. The van der Waals surface area contributed by atoms with E-state index in [1.54, 1.807) is 18.2 Å². The third kappa shape index (κ3) is 3.10. The minimum atomic E-state index is -0.321. The Bertz CT molecular complexity index is 928. The normalized spacial score (nSPS) is 23.0. The number of nitrogens with zero attached hydrogens (tertiary/aromatic N) is 2. The van der Waals surface area contributed by atoms with Gasteiger partial charge in [0.05, 0.1) is 30.6 Å². The van der Waals surface area contributed by atoms with E-state index in [1.807, 2.05) is 42.3 Å². The van der Waals surface area contributed by atoms with Gasteiger partial charge in [-0.15, -0.1) is 11.3 Å². The van der Waals surface area contributed by atoms with E-state index < -0.39 is 0 Å². The molecule has 28 heavy (non-hydrogen) atoms. The summed E-state index contributed by atoms with van der Waals surface area (Å²) in [5.41, 5.74) is 1.35. The molecule has 1 saturated heterocycles. The number of thiophene rings is 1. The topological polar surface area (TPSA) is 59.1 Å². The number of anilines is 1. The highest BCUT2D eigenvalue weighted by molar-refractivity contribution is 7.11. The number of rotatable bonds is 4. The van der Waals surface area contributed by atoms with Crippen LogP contribution in [0.4, 0.5) is 5.69 Å². The van der Waals surface area contributed by atoms with Crippen LogP contribution in [0.2, 0.25) is 0 Å². The standard InChI is InChI=1S/C21H22N2O4S/c1-13-11-22(12-14(2)27-13)19-18(17-9-6-10-28-17)20(24)23(21(19)25)15-7-4-5-8-16(15)26-3/h4-10,13-14H,11-12H2,1-3H3. The van der Waals surface area contributed by atoms with Crippen LogP contribution >= 0.6 is 11.3 Å². The average Bonchev–Trinajstić information content (AvgIpc) is 3.27. The van der Waals surface area contributed by atoms with Crippen molar-refractivity contribution in [3.63, 3.8) is 0 Å². The summed E-state index contributed by atoms with van der Waals surface area (Å²) in [5, 5.41) is 1.91. The van der Waals surface area contributed by atoms with Crippen LogP contribution in [0.25, 0.3) is 5.57 Å². The zero-order chi connectivity index (χ0) is 19.8. The maximum Gasteiger partial charge on any atom is 0.282 e. The number of benzene rings is 1. The summed E-state index contributed by atoms with van der Waals surface area (Å²) in [6, 6.07) is 10.8. The van der Waals surface area contributed by atoms with E-state index in [0.717, 1.165) is 4.88 Å². The zero-order valence-electron chi connectivity index (χ0n) is 16.0. The number of hydrogen-bond acceptors (Lipinski definition) is 6. The fourth-order valence-corrected chi connectivity index (χ4v) is 4.61. The van der Waals surface area contributed by atoms with Gasteiger partial charge in [0.2, 0.25) is 0 Å². The molecule has 2 amide bonds. The largest absolute Gasteiger partial charge is 0.495 e. The number of para-hydroxylation sites is 2. The molecule has 2 aliphatic rings. The fourth-order valence-electron chi connectivity index (χ4n) is 3.85.